The highest BCUT2D eigenvalue weighted by molar-refractivity contribution is 5.95. The second kappa shape index (κ2) is 13.1. The minimum absolute atomic E-state index is 0.140. The summed E-state index contributed by atoms with van der Waals surface area (Å²) in [4.78, 5) is 51.2. The van der Waals surface area contributed by atoms with Crippen LogP contribution in [0.3, 0.4) is 0 Å². The van der Waals surface area contributed by atoms with E-state index in [9.17, 15) is 19.5 Å². The molecule has 1 aromatic carbocycles. The predicted octanol–water partition coefficient (Wildman–Crippen LogP) is 3.79. The molecule has 0 aliphatic carbocycles. The Morgan fingerprint density at radius 3 is 2.26 bits per heavy atom. The van der Waals surface area contributed by atoms with Crippen molar-refractivity contribution >= 4 is 35.4 Å². The number of hydrogen-bond donors (Lipinski definition) is 2. The van der Waals surface area contributed by atoms with Gasteiger partial charge in [-0.25, -0.2) is 14.6 Å². The molecule has 1 atom stereocenters. The van der Waals surface area contributed by atoms with Gasteiger partial charge in [0.2, 0.25) is 11.9 Å². The highest BCUT2D eigenvalue weighted by Gasteiger charge is 2.26. The number of nitrogens with one attached hydrogen (secondary N) is 1. The summed E-state index contributed by atoms with van der Waals surface area (Å²) in [6.45, 7) is 11.9. The second-order valence-electron chi connectivity index (χ2n) is 9.50. The number of hydrogen-bond acceptors (Lipinski definition) is 8. The summed E-state index contributed by atoms with van der Waals surface area (Å²) in [5.41, 5.74) is 1.15. The van der Waals surface area contributed by atoms with E-state index in [1.54, 1.807) is 35.4 Å². The Labute approximate surface area is 223 Å². The Kier molecular flexibility index (Phi) is 9.86. The molecule has 0 saturated carbocycles. The van der Waals surface area contributed by atoms with Crippen LogP contribution >= 0.6 is 0 Å². The second-order valence-corrected chi connectivity index (χ2v) is 9.50. The van der Waals surface area contributed by atoms with Crippen LogP contribution in [0.5, 0.6) is 5.75 Å². The molecule has 0 spiro atoms. The zero-order valence-corrected chi connectivity index (χ0v) is 22.8. The summed E-state index contributed by atoms with van der Waals surface area (Å²) < 4.78 is 5.44. The molecule has 206 valence electrons. The number of ether oxygens (including phenoxy) is 1. The first-order valence-electron chi connectivity index (χ1n) is 13.1. The maximum atomic E-state index is 12.4. The fourth-order valence-electron chi connectivity index (χ4n) is 4.48. The van der Waals surface area contributed by atoms with Crippen molar-refractivity contribution < 1.29 is 24.2 Å². The topological polar surface area (TPSA) is 128 Å². The average molecular weight is 527 g/mol. The Bertz CT molecular complexity index is 1110. The number of nitrogens with zero attached hydrogens (tertiary/aromatic N) is 5. The van der Waals surface area contributed by atoms with Crippen LogP contribution in [0.25, 0.3) is 0 Å². The van der Waals surface area contributed by atoms with Gasteiger partial charge in [0.15, 0.2) is 5.82 Å². The molecule has 2 amide bonds. The molecule has 2 heterocycles. The largest absolute Gasteiger partial charge is 0.480 e. The van der Waals surface area contributed by atoms with Crippen LogP contribution in [0.2, 0.25) is 0 Å². The first-order chi connectivity index (χ1) is 18.1. The lowest BCUT2D eigenvalue weighted by Crippen LogP contribution is -2.38. The van der Waals surface area contributed by atoms with E-state index in [2.05, 4.69) is 15.3 Å². The summed E-state index contributed by atoms with van der Waals surface area (Å²) in [5.74, 6) is -0.145. The van der Waals surface area contributed by atoms with E-state index in [1.807, 2.05) is 32.6 Å². The molecule has 11 heteroatoms. The molecule has 1 aliphatic heterocycles. The smallest absolute Gasteiger partial charge is 0.415 e. The maximum absolute atomic E-state index is 12.4. The Morgan fingerprint density at radius 2 is 1.74 bits per heavy atom. The first kappa shape index (κ1) is 28.7. The number of carboxylic acid groups (broad SMARTS) is 1. The number of benzene rings is 1. The molecule has 11 nitrogen and oxygen atoms in total. The van der Waals surface area contributed by atoms with E-state index in [4.69, 9.17) is 4.74 Å². The van der Waals surface area contributed by atoms with E-state index < -0.39 is 12.0 Å². The van der Waals surface area contributed by atoms with E-state index in [1.165, 1.54) is 11.8 Å². The zero-order chi connectivity index (χ0) is 27.8. The number of rotatable bonds is 11. The van der Waals surface area contributed by atoms with Crippen molar-refractivity contribution in [2.75, 3.05) is 41.3 Å². The van der Waals surface area contributed by atoms with E-state index >= 15 is 0 Å². The van der Waals surface area contributed by atoms with Gasteiger partial charge in [0.05, 0.1) is 6.20 Å². The molecular weight excluding hydrogens is 488 g/mol. The van der Waals surface area contributed by atoms with Crippen molar-refractivity contribution in [1.29, 1.82) is 0 Å². The van der Waals surface area contributed by atoms with Gasteiger partial charge in [-0.3, -0.25) is 4.79 Å². The third-order valence-electron chi connectivity index (χ3n) is 6.46. The normalized spacial score (nSPS) is 13.8. The molecule has 2 aromatic rings. The van der Waals surface area contributed by atoms with Gasteiger partial charge in [0, 0.05) is 45.6 Å². The molecule has 1 aromatic heterocycles. The fourth-order valence-corrected chi connectivity index (χ4v) is 4.48. The van der Waals surface area contributed by atoms with Gasteiger partial charge >= 0.3 is 12.1 Å². The molecule has 1 fully saturated rings. The van der Waals surface area contributed by atoms with Crippen molar-refractivity contribution in [3.8, 4) is 5.75 Å². The molecule has 3 rings (SSSR count). The SMILES string of the molecule is CCN(CC)c1ncc(N(C(C)=O)C(C)C)c(NC(Cc2ccc(OC(=O)N3CCCC3)cc2)C(=O)O)n1. The summed E-state index contributed by atoms with van der Waals surface area (Å²) >= 11 is 0. The molecule has 1 aliphatic rings. The van der Waals surface area contributed by atoms with Crippen molar-refractivity contribution in [3.05, 3.63) is 36.0 Å². The van der Waals surface area contributed by atoms with Crippen LogP contribution in [0.15, 0.2) is 30.5 Å². The Balaban J connectivity index is 1.84. The average Bonchev–Trinajstić information content (AvgIpc) is 3.41. The van der Waals surface area contributed by atoms with Crippen molar-refractivity contribution in [2.45, 2.75) is 66.0 Å². The molecule has 1 saturated heterocycles. The maximum Gasteiger partial charge on any atom is 0.415 e. The Morgan fingerprint density at radius 1 is 1.11 bits per heavy atom. The van der Waals surface area contributed by atoms with Crippen molar-refractivity contribution in [1.82, 2.24) is 14.9 Å². The van der Waals surface area contributed by atoms with Crippen LogP contribution in [-0.2, 0) is 16.0 Å². The third kappa shape index (κ3) is 7.11. The number of carbonyl (C=O) groups is 3. The molecule has 1 unspecified atom stereocenters. The summed E-state index contributed by atoms with van der Waals surface area (Å²) in [5, 5.41) is 13.1. The predicted molar refractivity (Wildman–Crippen MR) is 146 cm³/mol. The van der Waals surface area contributed by atoms with Crippen LogP contribution in [0.4, 0.5) is 22.2 Å². The summed E-state index contributed by atoms with van der Waals surface area (Å²) in [7, 11) is 0. The zero-order valence-electron chi connectivity index (χ0n) is 22.8. The number of aromatic nitrogens is 2. The van der Waals surface area contributed by atoms with Gasteiger partial charge in [0.1, 0.15) is 17.5 Å². The standard InChI is InChI=1S/C27H38N6O5/c1-6-31(7-2)26-28-17-23(33(18(3)4)19(5)34)24(30-26)29-22(25(35)36)16-20-10-12-21(13-11-20)38-27(37)32-14-8-9-15-32/h10-13,17-18,22H,6-9,14-16H2,1-5H3,(H,35,36)(H,28,29,30). The summed E-state index contributed by atoms with van der Waals surface area (Å²) in [6.07, 6.45) is 3.28. The first-order valence-corrected chi connectivity index (χ1v) is 13.1. The lowest BCUT2D eigenvalue weighted by atomic mass is 10.1. The monoisotopic (exact) mass is 526 g/mol. The molecule has 0 bridgehead atoms. The number of anilines is 3. The van der Waals surface area contributed by atoms with Crippen molar-refractivity contribution in [3.63, 3.8) is 0 Å². The van der Waals surface area contributed by atoms with E-state index in [0.29, 0.717) is 43.6 Å². The number of carbonyl (C=O) groups excluding carboxylic acids is 2. The quantitative estimate of drug-likeness (QED) is 0.449. The summed E-state index contributed by atoms with van der Waals surface area (Å²) in [6, 6.07) is 5.58. The molecular formula is C27H38N6O5. The molecule has 38 heavy (non-hydrogen) atoms. The van der Waals surface area contributed by atoms with Crippen LogP contribution in [0, 0.1) is 0 Å². The van der Waals surface area contributed by atoms with Gasteiger partial charge in [0.25, 0.3) is 0 Å². The number of likely N-dealkylation sites (tertiary alicyclic amines) is 1. The number of amides is 2. The fraction of sp³-hybridized carbons (Fsp3) is 0.519. The van der Waals surface area contributed by atoms with E-state index in [0.717, 1.165) is 18.4 Å². The van der Waals surface area contributed by atoms with Crippen molar-refractivity contribution in [2.24, 2.45) is 0 Å². The molecule has 0 radical (unpaired) electrons. The van der Waals surface area contributed by atoms with Gasteiger partial charge in [-0.2, -0.15) is 4.98 Å². The van der Waals surface area contributed by atoms with Gasteiger partial charge in [-0.15, -0.1) is 0 Å². The number of carboxylic acids is 1. The minimum Gasteiger partial charge on any atom is -0.480 e. The van der Waals surface area contributed by atoms with E-state index in [-0.39, 0.29) is 30.3 Å². The molecule has 2 N–H and O–H groups in total. The number of aliphatic carboxylic acids is 1. The van der Waals surface area contributed by atoms with Gasteiger partial charge < -0.3 is 29.9 Å². The van der Waals surface area contributed by atoms with Gasteiger partial charge in [-0.1, -0.05) is 12.1 Å². The third-order valence-corrected chi connectivity index (χ3v) is 6.46. The van der Waals surface area contributed by atoms with Crippen LogP contribution < -0.4 is 19.9 Å². The minimum atomic E-state index is -1.07. The lowest BCUT2D eigenvalue weighted by molar-refractivity contribution is -0.137. The van der Waals surface area contributed by atoms with Crippen LogP contribution in [0.1, 0.15) is 53.0 Å². The van der Waals surface area contributed by atoms with Crippen LogP contribution in [-0.4, -0.2) is 76.2 Å². The van der Waals surface area contributed by atoms with Gasteiger partial charge in [-0.05, 0) is 58.2 Å². The highest BCUT2D eigenvalue weighted by Crippen LogP contribution is 2.29. The highest BCUT2D eigenvalue weighted by atomic mass is 16.6. The Hall–Kier alpha value is -3.89. The lowest BCUT2D eigenvalue weighted by Gasteiger charge is -2.29.